The Balaban J connectivity index is 1.52. The maximum atomic E-state index is 14.2. The maximum absolute atomic E-state index is 14.2. The molecule has 8 nitrogen and oxygen atoms in total. The van der Waals surface area contributed by atoms with Crippen LogP contribution in [0, 0.1) is 5.92 Å². The first-order valence-corrected chi connectivity index (χ1v) is 15.7. The van der Waals surface area contributed by atoms with Crippen molar-refractivity contribution in [2.24, 2.45) is 5.92 Å². The number of rotatable bonds is 8. The maximum Gasteiger partial charge on any atom is 0.324 e. The standard InChI is InChI=1S/C34H36N2O6S/c1-22(2)30(32(38)42-33(3,4)5)36-43(39,40)34(19-17-24(18-20-34)23-11-7-6-8-12-23)35-31(37)29-21-27-26-14-10-9-13-25(26)15-16-28(27)41-29/h6-19,21-22,30,36H,20H2,1-5H3,(H,35,37)/t30-,34?/m0/s1. The molecule has 0 radical (unpaired) electrons. The molecule has 4 aromatic rings. The van der Waals surface area contributed by atoms with E-state index >= 15 is 0 Å². The number of fused-ring (bicyclic) bond motifs is 3. The van der Waals surface area contributed by atoms with E-state index in [-0.39, 0.29) is 12.2 Å². The number of allylic oxidation sites excluding steroid dienone is 2. The van der Waals surface area contributed by atoms with Crippen LogP contribution in [0.3, 0.4) is 0 Å². The lowest BCUT2D eigenvalue weighted by Crippen LogP contribution is -2.60. The molecule has 43 heavy (non-hydrogen) atoms. The van der Waals surface area contributed by atoms with Crippen LogP contribution in [-0.2, 0) is 19.6 Å². The van der Waals surface area contributed by atoms with Gasteiger partial charge in [0.25, 0.3) is 5.91 Å². The molecule has 0 saturated carbocycles. The van der Waals surface area contributed by atoms with Crippen LogP contribution < -0.4 is 10.0 Å². The van der Waals surface area contributed by atoms with E-state index in [0.717, 1.165) is 27.3 Å². The summed E-state index contributed by atoms with van der Waals surface area (Å²) < 4.78 is 42.4. The molecule has 5 rings (SSSR count). The molecule has 9 heteroatoms. The minimum absolute atomic E-state index is 0.0280. The molecule has 3 aromatic carbocycles. The average molecular weight is 601 g/mol. The zero-order valence-electron chi connectivity index (χ0n) is 24.9. The molecule has 1 aromatic heterocycles. The highest BCUT2D eigenvalue weighted by Crippen LogP contribution is 2.33. The van der Waals surface area contributed by atoms with Crippen molar-refractivity contribution in [2.45, 2.75) is 57.6 Å². The van der Waals surface area contributed by atoms with Crippen LogP contribution in [-0.4, -0.2) is 36.8 Å². The Morgan fingerprint density at radius 3 is 2.30 bits per heavy atom. The van der Waals surface area contributed by atoms with E-state index in [1.165, 1.54) is 6.08 Å². The Morgan fingerprint density at radius 2 is 1.65 bits per heavy atom. The monoisotopic (exact) mass is 600 g/mol. The number of nitrogens with one attached hydrogen (secondary N) is 2. The lowest BCUT2D eigenvalue weighted by molar-refractivity contribution is -0.158. The van der Waals surface area contributed by atoms with Crippen molar-refractivity contribution in [3.63, 3.8) is 0 Å². The Hall–Kier alpha value is -4.21. The van der Waals surface area contributed by atoms with E-state index in [1.54, 1.807) is 58.9 Å². The molecule has 1 amide bonds. The van der Waals surface area contributed by atoms with Crippen molar-refractivity contribution in [3.8, 4) is 0 Å². The molecule has 2 N–H and O–H groups in total. The molecule has 0 saturated heterocycles. The predicted octanol–water partition coefficient (Wildman–Crippen LogP) is 6.34. The molecular weight excluding hydrogens is 564 g/mol. The van der Waals surface area contributed by atoms with E-state index < -0.39 is 44.3 Å². The number of ether oxygens (including phenoxy) is 1. The highest BCUT2D eigenvalue weighted by Gasteiger charge is 2.47. The topological polar surface area (TPSA) is 115 Å². The zero-order chi connectivity index (χ0) is 31.0. The van der Waals surface area contributed by atoms with Gasteiger partial charge in [-0.2, -0.15) is 4.72 Å². The second kappa shape index (κ2) is 11.5. The normalized spacial score (nSPS) is 18.0. The number of esters is 1. The summed E-state index contributed by atoms with van der Waals surface area (Å²) in [5, 5.41) is 5.38. The first kappa shape index (κ1) is 30.3. The van der Waals surface area contributed by atoms with Gasteiger partial charge in [0.15, 0.2) is 10.6 Å². The van der Waals surface area contributed by atoms with Gasteiger partial charge in [-0.15, -0.1) is 0 Å². The van der Waals surface area contributed by atoms with Gasteiger partial charge in [0, 0.05) is 11.8 Å². The molecule has 1 aliphatic rings. The minimum atomic E-state index is -4.42. The van der Waals surface area contributed by atoms with Crippen LogP contribution in [0.5, 0.6) is 0 Å². The molecule has 1 heterocycles. The molecule has 0 bridgehead atoms. The van der Waals surface area contributed by atoms with Gasteiger partial charge in [-0.3, -0.25) is 9.59 Å². The summed E-state index contributed by atoms with van der Waals surface area (Å²) in [6.45, 7) is 8.61. The van der Waals surface area contributed by atoms with Crippen LogP contribution in [0.2, 0.25) is 0 Å². The Morgan fingerprint density at radius 1 is 0.953 bits per heavy atom. The summed E-state index contributed by atoms with van der Waals surface area (Å²) in [6.07, 6.45) is 4.80. The van der Waals surface area contributed by atoms with Crippen molar-refractivity contribution in [1.82, 2.24) is 10.0 Å². The first-order chi connectivity index (χ1) is 20.3. The van der Waals surface area contributed by atoms with Gasteiger partial charge in [-0.05, 0) is 66.8 Å². The molecule has 0 fully saturated rings. The van der Waals surface area contributed by atoms with Crippen molar-refractivity contribution in [1.29, 1.82) is 0 Å². The number of hydrogen-bond donors (Lipinski definition) is 2. The largest absolute Gasteiger partial charge is 0.459 e. The third kappa shape index (κ3) is 6.28. The van der Waals surface area contributed by atoms with Crippen LogP contribution >= 0.6 is 0 Å². The third-order valence-corrected chi connectivity index (χ3v) is 9.26. The summed E-state index contributed by atoms with van der Waals surface area (Å²) in [5.41, 5.74) is 1.41. The molecular formula is C34H36N2O6S. The fourth-order valence-corrected chi connectivity index (χ4v) is 6.77. The zero-order valence-corrected chi connectivity index (χ0v) is 25.7. The van der Waals surface area contributed by atoms with Crippen molar-refractivity contribution in [3.05, 3.63) is 102 Å². The molecule has 1 aliphatic carbocycles. The molecule has 0 aliphatic heterocycles. The van der Waals surface area contributed by atoms with E-state index in [2.05, 4.69) is 10.0 Å². The molecule has 2 atom stereocenters. The second-order valence-corrected chi connectivity index (χ2v) is 14.1. The van der Waals surface area contributed by atoms with Gasteiger partial charge < -0.3 is 14.5 Å². The molecule has 224 valence electrons. The van der Waals surface area contributed by atoms with Crippen LogP contribution in [0.25, 0.3) is 27.3 Å². The summed E-state index contributed by atoms with van der Waals surface area (Å²) in [6, 6.07) is 21.4. The summed E-state index contributed by atoms with van der Waals surface area (Å²) in [7, 11) is -4.42. The Labute approximate surface area is 251 Å². The van der Waals surface area contributed by atoms with Crippen LogP contribution in [0.4, 0.5) is 0 Å². The fourth-order valence-electron chi connectivity index (χ4n) is 5.08. The Bertz CT molecular complexity index is 1850. The lowest BCUT2D eigenvalue weighted by atomic mass is 9.96. The van der Waals surface area contributed by atoms with Crippen molar-refractivity contribution in [2.75, 3.05) is 0 Å². The van der Waals surface area contributed by atoms with Crippen molar-refractivity contribution < 1.29 is 27.2 Å². The van der Waals surface area contributed by atoms with Crippen LogP contribution in [0.1, 0.15) is 57.2 Å². The fraction of sp³-hybridized carbons (Fsp3) is 0.294. The molecule has 0 spiro atoms. The van der Waals surface area contributed by atoms with Gasteiger partial charge in [0.1, 0.15) is 17.2 Å². The van der Waals surface area contributed by atoms with Gasteiger partial charge in [-0.1, -0.05) is 86.7 Å². The first-order valence-electron chi connectivity index (χ1n) is 14.2. The third-order valence-electron chi connectivity index (χ3n) is 7.33. The SMILES string of the molecule is CC(C)[C@H](NS(=O)(=O)C1(NC(=O)c2cc3c(ccc4ccccc43)o2)C=CC(c2ccccc2)=CC1)C(=O)OC(C)(C)C. The highest BCUT2D eigenvalue weighted by molar-refractivity contribution is 7.91. The number of amides is 1. The minimum Gasteiger partial charge on any atom is -0.459 e. The van der Waals surface area contributed by atoms with E-state index in [9.17, 15) is 18.0 Å². The van der Waals surface area contributed by atoms with Gasteiger partial charge in [-0.25, -0.2) is 8.42 Å². The van der Waals surface area contributed by atoms with E-state index in [1.807, 2.05) is 60.7 Å². The van der Waals surface area contributed by atoms with E-state index in [4.69, 9.17) is 9.15 Å². The summed E-state index contributed by atoms with van der Waals surface area (Å²) in [5.74, 6) is -1.86. The number of sulfonamides is 1. The smallest absolute Gasteiger partial charge is 0.324 e. The quantitative estimate of drug-likeness (QED) is 0.228. The summed E-state index contributed by atoms with van der Waals surface area (Å²) in [4.78, 5) is 24.9. The number of carbonyl (C=O) groups is 2. The van der Waals surface area contributed by atoms with Crippen molar-refractivity contribution >= 4 is 49.2 Å². The van der Waals surface area contributed by atoms with E-state index in [0.29, 0.717) is 5.58 Å². The number of hydrogen-bond acceptors (Lipinski definition) is 6. The van der Waals surface area contributed by atoms with Gasteiger partial charge >= 0.3 is 5.97 Å². The number of furan rings is 1. The summed E-state index contributed by atoms with van der Waals surface area (Å²) >= 11 is 0. The number of benzene rings is 3. The Kier molecular flexibility index (Phi) is 8.07. The van der Waals surface area contributed by atoms with Gasteiger partial charge in [0.05, 0.1) is 0 Å². The average Bonchev–Trinajstić information content (AvgIpc) is 3.41. The van der Waals surface area contributed by atoms with Crippen LogP contribution in [0.15, 0.2) is 95.4 Å². The second-order valence-electron chi connectivity index (χ2n) is 12.1. The number of carbonyl (C=O) groups excluding carboxylic acids is 2. The van der Waals surface area contributed by atoms with Gasteiger partial charge in [0.2, 0.25) is 10.0 Å². The predicted molar refractivity (Wildman–Crippen MR) is 169 cm³/mol. The lowest BCUT2D eigenvalue weighted by Gasteiger charge is -2.35. The molecule has 1 unspecified atom stereocenters. The highest BCUT2D eigenvalue weighted by atomic mass is 32.2.